The second-order valence-electron chi connectivity index (χ2n) is 5.70. The highest BCUT2D eigenvalue weighted by Gasteiger charge is 2.20. The van der Waals surface area contributed by atoms with Crippen molar-refractivity contribution in [2.45, 2.75) is 58.7 Å². The fourth-order valence-electron chi connectivity index (χ4n) is 2.25. The van der Waals surface area contributed by atoms with Crippen LogP contribution in [0.1, 0.15) is 42.9 Å². The molecule has 0 bridgehead atoms. The van der Waals surface area contributed by atoms with Crippen molar-refractivity contribution in [1.29, 1.82) is 0 Å². The zero-order chi connectivity index (χ0) is 13.8. The summed E-state index contributed by atoms with van der Waals surface area (Å²) in [6.07, 6.45) is 3.00. The van der Waals surface area contributed by atoms with Crippen LogP contribution in [0.15, 0.2) is 12.1 Å². The molecule has 0 radical (unpaired) electrons. The van der Waals surface area contributed by atoms with Gasteiger partial charge in [0.1, 0.15) is 5.75 Å². The summed E-state index contributed by atoms with van der Waals surface area (Å²) in [6, 6.07) is 5.13. The molecule has 0 spiro atoms. The molecule has 1 aromatic rings. The minimum absolute atomic E-state index is 0.303. The average molecular weight is 263 g/mol. The van der Waals surface area contributed by atoms with E-state index < -0.39 is 0 Å². The van der Waals surface area contributed by atoms with Crippen molar-refractivity contribution in [3.05, 3.63) is 28.8 Å². The molecule has 2 N–H and O–H groups in total. The fourth-order valence-corrected chi connectivity index (χ4v) is 2.25. The largest absolute Gasteiger partial charge is 0.493 e. The lowest BCUT2D eigenvalue weighted by Gasteiger charge is -2.15. The topological polar surface area (TPSA) is 41.5 Å². The standard InChI is InChI=1S/C16H25NO2/c1-11-8-14(10-17-15-4-5-15)9-12(2)16(11)19-7-6-13(3)18/h8-9,13,15,17-18H,4-7,10H2,1-3H3. The van der Waals surface area contributed by atoms with Gasteiger partial charge in [-0.05, 0) is 50.3 Å². The van der Waals surface area contributed by atoms with Crippen LogP contribution >= 0.6 is 0 Å². The first-order valence-corrected chi connectivity index (χ1v) is 7.20. The van der Waals surface area contributed by atoms with E-state index in [0.29, 0.717) is 13.0 Å². The highest BCUT2D eigenvalue weighted by atomic mass is 16.5. The van der Waals surface area contributed by atoms with Crippen LogP contribution < -0.4 is 10.1 Å². The number of ether oxygens (including phenoxy) is 1. The molecule has 1 aliphatic carbocycles. The maximum absolute atomic E-state index is 9.25. The Morgan fingerprint density at radius 3 is 2.47 bits per heavy atom. The Morgan fingerprint density at radius 2 is 1.95 bits per heavy atom. The zero-order valence-corrected chi connectivity index (χ0v) is 12.2. The van der Waals surface area contributed by atoms with Crippen molar-refractivity contribution in [2.75, 3.05) is 6.61 Å². The quantitative estimate of drug-likeness (QED) is 0.795. The highest BCUT2D eigenvalue weighted by molar-refractivity contribution is 5.43. The van der Waals surface area contributed by atoms with Crippen LogP contribution in [0.4, 0.5) is 0 Å². The molecule has 0 heterocycles. The lowest BCUT2D eigenvalue weighted by molar-refractivity contribution is 0.155. The van der Waals surface area contributed by atoms with Crippen LogP contribution in [0.5, 0.6) is 5.75 Å². The zero-order valence-electron chi connectivity index (χ0n) is 12.2. The SMILES string of the molecule is Cc1cc(CNC2CC2)cc(C)c1OCCC(C)O. The first-order chi connectivity index (χ1) is 9.06. The van der Waals surface area contributed by atoms with Gasteiger partial charge in [0.15, 0.2) is 0 Å². The second-order valence-corrected chi connectivity index (χ2v) is 5.70. The van der Waals surface area contributed by atoms with Crippen molar-refractivity contribution >= 4 is 0 Å². The molecular formula is C16H25NO2. The summed E-state index contributed by atoms with van der Waals surface area (Å²) in [5.74, 6) is 0.968. The molecule has 1 saturated carbocycles. The predicted molar refractivity (Wildman–Crippen MR) is 77.6 cm³/mol. The Balaban J connectivity index is 1.94. The fraction of sp³-hybridized carbons (Fsp3) is 0.625. The number of hydrogen-bond donors (Lipinski definition) is 2. The number of aliphatic hydroxyl groups excluding tert-OH is 1. The van der Waals surface area contributed by atoms with Crippen LogP contribution in [0, 0.1) is 13.8 Å². The maximum atomic E-state index is 9.25. The Labute approximate surface area is 116 Å². The molecule has 0 aliphatic heterocycles. The molecule has 0 aromatic heterocycles. The number of aryl methyl sites for hydroxylation is 2. The molecule has 3 nitrogen and oxygen atoms in total. The van der Waals surface area contributed by atoms with E-state index in [4.69, 9.17) is 4.74 Å². The maximum Gasteiger partial charge on any atom is 0.125 e. The van der Waals surface area contributed by atoms with Gasteiger partial charge >= 0.3 is 0 Å². The predicted octanol–water partition coefficient (Wildman–Crippen LogP) is 2.71. The van der Waals surface area contributed by atoms with Gasteiger partial charge in [-0.1, -0.05) is 12.1 Å². The molecule has 2 rings (SSSR count). The van der Waals surface area contributed by atoms with Gasteiger partial charge in [0.2, 0.25) is 0 Å². The lowest BCUT2D eigenvalue weighted by Crippen LogP contribution is -2.15. The van der Waals surface area contributed by atoms with E-state index in [1.165, 1.54) is 29.5 Å². The molecule has 1 unspecified atom stereocenters. The molecule has 106 valence electrons. The second kappa shape index (κ2) is 6.40. The molecular weight excluding hydrogens is 238 g/mol. The number of benzene rings is 1. The smallest absolute Gasteiger partial charge is 0.125 e. The Bertz CT molecular complexity index is 402. The Morgan fingerprint density at radius 1 is 1.32 bits per heavy atom. The van der Waals surface area contributed by atoms with Crippen molar-refractivity contribution < 1.29 is 9.84 Å². The summed E-state index contributed by atoms with van der Waals surface area (Å²) in [4.78, 5) is 0. The molecule has 1 aromatic carbocycles. The number of nitrogens with one attached hydrogen (secondary N) is 1. The van der Waals surface area contributed by atoms with Crippen molar-refractivity contribution in [1.82, 2.24) is 5.32 Å². The van der Waals surface area contributed by atoms with E-state index >= 15 is 0 Å². The van der Waals surface area contributed by atoms with Crippen LogP contribution in [0.3, 0.4) is 0 Å². The van der Waals surface area contributed by atoms with Crippen LogP contribution in [0.2, 0.25) is 0 Å². The third kappa shape index (κ3) is 4.51. The van der Waals surface area contributed by atoms with Crippen molar-refractivity contribution in [3.8, 4) is 5.75 Å². The average Bonchev–Trinajstić information content (AvgIpc) is 3.13. The summed E-state index contributed by atoms with van der Waals surface area (Å²) in [5, 5.41) is 12.8. The number of aliphatic hydroxyl groups is 1. The van der Waals surface area contributed by atoms with Crippen LogP contribution in [0.25, 0.3) is 0 Å². The minimum atomic E-state index is -0.303. The van der Waals surface area contributed by atoms with Gasteiger partial charge in [-0.25, -0.2) is 0 Å². The monoisotopic (exact) mass is 263 g/mol. The van der Waals surface area contributed by atoms with Crippen LogP contribution in [-0.2, 0) is 6.54 Å². The molecule has 1 fully saturated rings. The Kier molecular flexibility index (Phi) is 4.83. The number of rotatable bonds is 7. The molecule has 0 amide bonds. The molecule has 1 atom stereocenters. The normalized spacial score (nSPS) is 16.4. The molecule has 0 saturated heterocycles. The van der Waals surface area contributed by atoms with Gasteiger partial charge in [0.25, 0.3) is 0 Å². The van der Waals surface area contributed by atoms with E-state index in [9.17, 15) is 5.11 Å². The van der Waals surface area contributed by atoms with Gasteiger partial charge in [-0.15, -0.1) is 0 Å². The molecule has 3 heteroatoms. The van der Waals surface area contributed by atoms with E-state index in [1.54, 1.807) is 6.92 Å². The lowest BCUT2D eigenvalue weighted by atomic mass is 10.1. The van der Waals surface area contributed by atoms with Crippen LogP contribution in [-0.4, -0.2) is 23.9 Å². The van der Waals surface area contributed by atoms with Crippen molar-refractivity contribution in [2.24, 2.45) is 0 Å². The highest BCUT2D eigenvalue weighted by Crippen LogP contribution is 2.26. The summed E-state index contributed by atoms with van der Waals surface area (Å²) in [5.41, 5.74) is 3.68. The summed E-state index contributed by atoms with van der Waals surface area (Å²) in [7, 11) is 0. The number of hydrogen-bond acceptors (Lipinski definition) is 3. The minimum Gasteiger partial charge on any atom is -0.493 e. The summed E-state index contributed by atoms with van der Waals surface area (Å²) >= 11 is 0. The molecule has 19 heavy (non-hydrogen) atoms. The Hall–Kier alpha value is -1.06. The summed E-state index contributed by atoms with van der Waals surface area (Å²) in [6.45, 7) is 7.48. The van der Waals surface area contributed by atoms with Gasteiger partial charge in [0.05, 0.1) is 12.7 Å². The van der Waals surface area contributed by atoms with Gasteiger partial charge in [-0.2, -0.15) is 0 Å². The van der Waals surface area contributed by atoms with E-state index in [-0.39, 0.29) is 6.10 Å². The van der Waals surface area contributed by atoms with Gasteiger partial charge in [0, 0.05) is 19.0 Å². The first-order valence-electron chi connectivity index (χ1n) is 7.20. The third-order valence-electron chi connectivity index (χ3n) is 3.47. The summed E-state index contributed by atoms with van der Waals surface area (Å²) < 4.78 is 5.79. The van der Waals surface area contributed by atoms with E-state index in [1.807, 2.05) is 0 Å². The first kappa shape index (κ1) is 14.4. The van der Waals surface area contributed by atoms with Crippen molar-refractivity contribution in [3.63, 3.8) is 0 Å². The van der Waals surface area contributed by atoms with E-state index in [0.717, 1.165) is 18.3 Å². The third-order valence-corrected chi connectivity index (χ3v) is 3.47. The van der Waals surface area contributed by atoms with Gasteiger partial charge < -0.3 is 15.2 Å². The van der Waals surface area contributed by atoms with Gasteiger partial charge in [-0.3, -0.25) is 0 Å². The molecule has 1 aliphatic rings. The van der Waals surface area contributed by atoms with E-state index in [2.05, 4.69) is 31.3 Å².